The van der Waals surface area contributed by atoms with Gasteiger partial charge in [0.2, 0.25) is 5.41 Å². The molecule has 3 atom stereocenters. The fraction of sp³-hybridized carbons (Fsp3) is 0.381. The van der Waals surface area contributed by atoms with Crippen molar-refractivity contribution in [3.8, 4) is 18.2 Å². The van der Waals surface area contributed by atoms with Crippen LogP contribution in [0.25, 0.3) is 0 Å². The smallest absolute Gasteiger partial charge is 0.409 e. The normalized spacial score (nSPS) is 25.4. The summed E-state index contributed by atoms with van der Waals surface area (Å²) in [5, 5.41) is 38.1. The summed E-state index contributed by atoms with van der Waals surface area (Å²) in [7, 11) is 1.29. The van der Waals surface area contributed by atoms with E-state index in [2.05, 4.69) is 6.07 Å². The summed E-state index contributed by atoms with van der Waals surface area (Å²) in [6, 6.07) is 13.8. The van der Waals surface area contributed by atoms with E-state index in [1.165, 1.54) is 12.0 Å². The number of benzene rings is 1. The molecule has 1 aliphatic heterocycles. The molecular weight excluding hydrogens is 354 g/mol. The number of hydrogen-bond acceptors (Lipinski definition) is 6. The summed E-state index contributed by atoms with van der Waals surface area (Å²) < 4.78 is 4.83. The fourth-order valence-corrected chi connectivity index (χ4v) is 4.31. The Balaban J connectivity index is 2.22. The minimum Gasteiger partial charge on any atom is -0.453 e. The van der Waals surface area contributed by atoms with Crippen molar-refractivity contribution in [1.82, 2.24) is 4.90 Å². The number of nitriles is 3. The van der Waals surface area contributed by atoms with E-state index < -0.39 is 29.3 Å². The van der Waals surface area contributed by atoms with Crippen molar-refractivity contribution in [2.75, 3.05) is 20.2 Å². The highest BCUT2D eigenvalue weighted by atomic mass is 16.5. The molecule has 140 valence electrons. The molecule has 1 aliphatic carbocycles. The molecule has 0 radical (unpaired) electrons. The van der Waals surface area contributed by atoms with Crippen LogP contribution in [0.1, 0.15) is 17.0 Å². The number of aryl methyl sites for hydroxylation is 1. The van der Waals surface area contributed by atoms with Gasteiger partial charge < -0.3 is 15.0 Å². The van der Waals surface area contributed by atoms with Gasteiger partial charge in [-0.15, -0.1) is 0 Å². The van der Waals surface area contributed by atoms with Crippen LogP contribution in [-0.4, -0.2) is 36.9 Å². The molecule has 1 saturated carbocycles. The van der Waals surface area contributed by atoms with E-state index >= 15 is 0 Å². The van der Waals surface area contributed by atoms with Crippen molar-refractivity contribution in [2.45, 2.75) is 12.8 Å². The third-order valence-corrected chi connectivity index (χ3v) is 5.62. The maximum atomic E-state index is 12.1. The molecule has 1 unspecified atom stereocenters. The minimum absolute atomic E-state index is 0.189. The maximum absolute atomic E-state index is 12.1. The number of hydrogen-bond donors (Lipinski definition) is 1. The molecule has 1 aromatic rings. The van der Waals surface area contributed by atoms with Crippen LogP contribution in [0.5, 0.6) is 0 Å². The number of methoxy groups -OCH3 is 1. The summed E-state index contributed by atoms with van der Waals surface area (Å²) in [5.74, 6) is -1.82. The zero-order valence-corrected chi connectivity index (χ0v) is 15.6. The number of fused-ring (bicyclic) bond motifs is 1. The van der Waals surface area contributed by atoms with Crippen molar-refractivity contribution in [3.05, 3.63) is 47.0 Å². The van der Waals surface area contributed by atoms with Gasteiger partial charge in [-0.25, -0.2) is 4.79 Å². The van der Waals surface area contributed by atoms with Gasteiger partial charge in [0.15, 0.2) is 0 Å². The Morgan fingerprint density at radius 3 is 2.61 bits per heavy atom. The highest BCUT2D eigenvalue weighted by Gasteiger charge is 2.56. The van der Waals surface area contributed by atoms with Gasteiger partial charge in [-0.1, -0.05) is 35.9 Å². The van der Waals surface area contributed by atoms with Gasteiger partial charge in [0.25, 0.3) is 0 Å². The summed E-state index contributed by atoms with van der Waals surface area (Å²) in [4.78, 5) is 13.6. The lowest BCUT2D eigenvalue weighted by Gasteiger charge is -2.47. The van der Waals surface area contributed by atoms with Crippen LogP contribution < -0.4 is 0 Å². The van der Waals surface area contributed by atoms with Crippen molar-refractivity contribution in [3.63, 3.8) is 0 Å². The largest absolute Gasteiger partial charge is 0.453 e. The molecule has 1 fully saturated rings. The molecule has 0 aromatic heterocycles. The summed E-state index contributed by atoms with van der Waals surface area (Å²) in [6.45, 7) is 2.34. The lowest BCUT2D eigenvalue weighted by molar-refractivity contribution is 0.115. The number of carbonyl (C=O) groups is 1. The van der Waals surface area contributed by atoms with Crippen LogP contribution in [0.4, 0.5) is 4.79 Å². The molecule has 2 aliphatic rings. The molecule has 0 bridgehead atoms. The molecule has 1 aromatic carbocycles. The van der Waals surface area contributed by atoms with Crippen LogP contribution >= 0.6 is 0 Å². The Morgan fingerprint density at radius 1 is 1.32 bits per heavy atom. The van der Waals surface area contributed by atoms with Crippen molar-refractivity contribution in [2.24, 2.45) is 17.3 Å². The van der Waals surface area contributed by atoms with Gasteiger partial charge in [-0.2, -0.15) is 15.8 Å². The standard InChI is InChI=1S/C21H19N5O2/c1-13-4-3-5-14(8-13)18-15(9-22)19(25)21(11-23,12-24)17-6-7-26(10-16(17)18)20(27)28-2/h3-6,8,15-16,18,25H,7,10H2,1-2H3/t15?,16-,18-/m0/s1. The van der Waals surface area contributed by atoms with Crippen LogP contribution in [-0.2, 0) is 4.74 Å². The van der Waals surface area contributed by atoms with E-state index in [-0.39, 0.29) is 18.8 Å². The lowest BCUT2D eigenvalue weighted by atomic mass is 9.55. The second-order valence-electron chi connectivity index (χ2n) is 7.07. The second-order valence-corrected chi connectivity index (χ2v) is 7.07. The first-order valence-corrected chi connectivity index (χ1v) is 8.84. The van der Waals surface area contributed by atoms with Gasteiger partial charge in [-0.3, -0.25) is 0 Å². The molecule has 1 N–H and O–H groups in total. The molecule has 3 rings (SSSR count). The number of ether oxygens (including phenoxy) is 1. The summed E-state index contributed by atoms with van der Waals surface area (Å²) >= 11 is 0. The molecule has 1 heterocycles. The Bertz CT molecular complexity index is 977. The van der Waals surface area contributed by atoms with E-state index in [9.17, 15) is 20.6 Å². The summed E-state index contributed by atoms with van der Waals surface area (Å²) in [5.41, 5.74) is 0.377. The Kier molecular flexibility index (Phi) is 4.91. The number of carbonyl (C=O) groups excluding carboxylic acids is 1. The number of nitrogens with zero attached hydrogens (tertiary/aromatic N) is 4. The SMILES string of the molecule is COC(=O)N1CC=C2[C@H](C1)[C@@H](c1cccc(C)c1)C(C#N)C(=N)C2(C#N)C#N. The molecule has 28 heavy (non-hydrogen) atoms. The van der Waals surface area contributed by atoms with Crippen molar-refractivity contribution < 1.29 is 9.53 Å². The van der Waals surface area contributed by atoms with Crippen LogP contribution in [0.2, 0.25) is 0 Å². The van der Waals surface area contributed by atoms with Crippen LogP contribution in [0.15, 0.2) is 35.9 Å². The first-order valence-electron chi connectivity index (χ1n) is 8.84. The first kappa shape index (κ1) is 19.1. The predicted octanol–water partition coefficient (Wildman–Crippen LogP) is 2.91. The van der Waals surface area contributed by atoms with E-state index in [1.54, 1.807) is 6.08 Å². The highest BCUT2D eigenvalue weighted by Crippen LogP contribution is 2.52. The van der Waals surface area contributed by atoms with E-state index in [0.717, 1.165) is 11.1 Å². The van der Waals surface area contributed by atoms with Gasteiger partial charge in [0.1, 0.15) is 0 Å². The van der Waals surface area contributed by atoms with Gasteiger partial charge in [0.05, 0.1) is 36.9 Å². The molecule has 0 saturated heterocycles. The Morgan fingerprint density at radius 2 is 2.04 bits per heavy atom. The minimum atomic E-state index is -1.78. The number of nitrogens with one attached hydrogen (secondary N) is 1. The Labute approximate surface area is 163 Å². The quantitative estimate of drug-likeness (QED) is 0.758. The molecular formula is C21H19N5O2. The predicted molar refractivity (Wildman–Crippen MR) is 100.0 cm³/mol. The van der Waals surface area contributed by atoms with Crippen LogP contribution in [0, 0.1) is 63.6 Å². The fourth-order valence-electron chi connectivity index (χ4n) is 4.31. The summed E-state index contributed by atoms with van der Waals surface area (Å²) in [6.07, 6.45) is 1.16. The van der Waals surface area contributed by atoms with E-state index in [4.69, 9.17) is 10.1 Å². The molecule has 0 spiro atoms. The average molecular weight is 373 g/mol. The van der Waals surface area contributed by atoms with E-state index in [0.29, 0.717) is 5.57 Å². The van der Waals surface area contributed by atoms with Crippen molar-refractivity contribution >= 4 is 11.8 Å². The highest BCUT2D eigenvalue weighted by molar-refractivity contribution is 6.01. The van der Waals surface area contributed by atoms with Crippen molar-refractivity contribution in [1.29, 1.82) is 21.2 Å². The lowest BCUT2D eigenvalue weighted by Crippen LogP contribution is -2.53. The van der Waals surface area contributed by atoms with Gasteiger partial charge in [0, 0.05) is 24.9 Å². The third-order valence-electron chi connectivity index (χ3n) is 5.62. The van der Waals surface area contributed by atoms with Gasteiger partial charge >= 0.3 is 6.09 Å². The number of amides is 1. The zero-order chi connectivity index (χ0) is 20.5. The topological polar surface area (TPSA) is 125 Å². The average Bonchev–Trinajstić information content (AvgIpc) is 2.72. The molecule has 1 amide bonds. The third kappa shape index (κ3) is 2.71. The van der Waals surface area contributed by atoms with E-state index in [1.807, 2.05) is 43.3 Å². The maximum Gasteiger partial charge on any atom is 0.409 e. The second kappa shape index (κ2) is 7.18. The first-order chi connectivity index (χ1) is 13.4. The Hall–Kier alpha value is -3.63. The molecule has 7 nitrogen and oxygen atoms in total. The molecule has 7 heteroatoms. The van der Waals surface area contributed by atoms with Gasteiger partial charge in [-0.05, 0) is 18.1 Å². The number of rotatable bonds is 1. The van der Waals surface area contributed by atoms with Crippen LogP contribution in [0.3, 0.4) is 0 Å². The zero-order valence-electron chi connectivity index (χ0n) is 15.6. The monoisotopic (exact) mass is 373 g/mol.